The number of hydrogen-bond donors (Lipinski definition) is 1. The monoisotopic (exact) mass is 257 g/mol. The minimum absolute atomic E-state index is 0.0890. The van der Waals surface area contributed by atoms with Gasteiger partial charge in [-0.2, -0.15) is 0 Å². The van der Waals surface area contributed by atoms with E-state index >= 15 is 0 Å². The predicted octanol–water partition coefficient (Wildman–Crippen LogP) is 1.60. The lowest BCUT2D eigenvalue weighted by molar-refractivity contribution is -0.384. The molecule has 6 nitrogen and oxygen atoms in total. The first kappa shape index (κ1) is 12.1. The Morgan fingerprint density at radius 1 is 1.53 bits per heavy atom. The summed E-state index contributed by atoms with van der Waals surface area (Å²) < 4.78 is 0. The van der Waals surface area contributed by atoms with E-state index in [1.165, 1.54) is 12.3 Å². The molecule has 1 aliphatic rings. The first-order valence-corrected chi connectivity index (χ1v) is 5.68. The van der Waals surface area contributed by atoms with Crippen molar-refractivity contribution in [1.82, 2.24) is 4.98 Å². The van der Waals surface area contributed by atoms with Crippen molar-refractivity contribution in [2.24, 2.45) is 0 Å². The van der Waals surface area contributed by atoms with E-state index in [1.54, 1.807) is 4.90 Å². The highest BCUT2D eigenvalue weighted by Gasteiger charge is 2.25. The largest absolute Gasteiger partial charge is 0.393 e. The van der Waals surface area contributed by atoms with Gasteiger partial charge in [0.15, 0.2) is 0 Å². The van der Waals surface area contributed by atoms with Gasteiger partial charge in [-0.05, 0) is 12.8 Å². The molecule has 2 heterocycles. The number of halogens is 1. The Hall–Kier alpha value is -1.40. The molecule has 92 valence electrons. The SMILES string of the molecule is O=[N+]([O-])c1cc(Cl)cnc1N1CCC(O)CC1. The molecule has 0 aromatic carbocycles. The van der Waals surface area contributed by atoms with E-state index < -0.39 is 4.92 Å². The topological polar surface area (TPSA) is 79.5 Å². The second-order valence-electron chi connectivity index (χ2n) is 3.97. The lowest BCUT2D eigenvalue weighted by Gasteiger charge is -2.30. The molecule has 0 unspecified atom stereocenters. The summed E-state index contributed by atoms with van der Waals surface area (Å²) >= 11 is 5.70. The van der Waals surface area contributed by atoms with Crippen LogP contribution in [0.3, 0.4) is 0 Å². The third kappa shape index (κ3) is 2.65. The highest BCUT2D eigenvalue weighted by molar-refractivity contribution is 6.30. The average molecular weight is 258 g/mol. The van der Waals surface area contributed by atoms with Gasteiger partial charge in [0.25, 0.3) is 0 Å². The third-order valence-corrected chi connectivity index (χ3v) is 2.98. The minimum Gasteiger partial charge on any atom is -0.393 e. The normalized spacial score (nSPS) is 17.2. The number of piperidine rings is 1. The van der Waals surface area contributed by atoms with Crippen molar-refractivity contribution in [3.8, 4) is 0 Å². The molecule has 17 heavy (non-hydrogen) atoms. The van der Waals surface area contributed by atoms with Gasteiger partial charge in [-0.15, -0.1) is 0 Å². The number of aromatic nitrogens is 1. The summed E-state index contributed by atoms with van der Waals surface area (Å²) in [5.74, 6) is 0.325. The van der Waals surface area contributed by atoms with Crippen LogP contribution in [0.15, 0.2) is 12.3 Å². The summed E-state index contributed by atoms with van der Waals surface area (Å²) in [6, 6.07) is 1.30. The summed E-state index contributed by atoms with van der Waals surface area (Å²) in [7, 11) is 0. The standard InChI is InChI=1S/C10H12ClN3O3/c11-7-5-9(14(16)17)10(12-6-7)13-3-1-8(15)2-4-13/h5-6,8,15H,1-4H2. The van der Waals surface area contributed by atoms with Gasteiger partial charge in [0, 0.05) is 25.4 Å². The van der Waals surface area contributed by atoms with E-state index in [0.29, 0.717) is 31.7 Å². The predicted molar refractivity (Wildman–Crippen MR) is 63.4 cm³/mol. The molecule has 0 saturated carbocycles. The fourth-order valence-corrected chi connectivity index (χ4v) is 2.03. The number of rotatable bonds is 2. The van der Waals surface area contributed by atoms with Crippen LogP contribution in [-0.4, -0.2) is 34.2 Å². The average Bonchev–Trinajstić information content (AvgIpc) is 2.30. The quantitative estimate of drug-likeness (QED) is 0.643. The first-order chi connectivity index (χ1) is 8.08. The van der Waals surface area contributed by atoms with E-state index in [9.17, 15) is 15.2 Å². The molecule has 0 bridgehead atoms. The molecule has 0 atom stereocenters. The molecule has 0 radical (unpaired) electrons. The summed E-state index contributed by atoms with van der Waals surface area (Å²) in [6.45, 7) is 1.13. The van der Waals surface area contributed by atoms with Crippen LogP contribution in [0.25, 0.3) is 0 Å². The van der Waals surface area contributed by atoms with Crippen LogP contribution in [0.5, 0.6) is 0 Å². The maximum atomic E-state index is 10.9. The van der Waals surface area contributed by atoms with Crippen LogP contribution in [0, 0.1) is 10.1 Å². The van der Waals surface area contributed by atoms with Crippen molar-refractivity contribution < 1.29 is 10.0 Å². The zero-order valence-electron chi connectivity index (χ0n) is 9.04. The second-order valence-corrected chi connectivity index (χ2v) is 4.41. The zero-order valence-corrected chi connectivity index (χ0v) is 9.80. The molecule has 0 aliphatic carbocycles. The van der Waals surface area contributed by atoms with Crippen molar-refractivity contribution in [3.05, 3.63) is 27.4 Å². The Morgan fingerprint density at radius 3 is 2.76 bits per heavy atom. The molecule has 7 heteroatoms. The molecule has 1 saturated heterocycles. The van der Waals surface area contributed by atoms with E-state index in [0.717, 1.165) is 0 Å². The van der Waals surface area contributed by atoms with Gasteiger partial charge in [0.1, 0.15) is 0 Å². The third-order valence-electron chi connectivity index (χ3n) is 2.77. The lowest BCUT2D eigenvalue weighted by atomic mass is 10.1. The Bertz CT molecular complexity index is 433. The van der Waals surface area contributed by atoms with Gasteiger partial charge >= 0.3 is 5.69 Å². The Labute approximate surface area is 103 Å². The molecular formula is C10H12ClN3O3. The van der Waals surface area contributed by atoms with Gasteiger partial charge in [0.2, 0.25) is 5.82 Å². The summed E-state index contributed by atoms with van der Waals surface area (Å²) in [5, 5.41) is 20.6. The number of aliphatic hydroxyl groups is 1. The van der Waals surface area contributed by atoms with Crippen LogP contribution in [0.4, 0.5) is 11.5 Å². The smallest absolute Gasteiger partial charge is 0.313 e. The molecular weight excluding hydrogens is 246 g/mol. The van der Waals surface area contributed by atoms with Crippen LogP contribution in [0.2, 0.25) is 5.02 Å². The Kier molecular flexibility index (Phi) is 3.44. The Balaban J connectivity index is 2.28. The zero-order chi connectivity index (χ0) is 12.4. The molecule has 0 amide bonds. The first-order valence-electron chi connectivity index (χ1n) is 5.31. The number of pyridine rings is 1. The summed E-state index contributed by atoms with van der Waals surface area (Å²) in [5.41, 5.74) is -0.0890. The second kappa shape index (κ2) is 4.85. The van der Waals surface area contributed by atoms with Crippen molar-refractivity contribution in [1.29, 1.82) is 0 Å². The van der Waals surface area contributed by atoms with E-state index in [1.807, 2.05) is 0 Å². The molecule has 1 aromatic heterocycles. The summed E-state index contributed by atoms with van der Waals surface area (Å²) in [4.78, 5) is 16.3. The van der Waals surface area contributed by atoms with Crippen LogP contribution in [0.1, 0.15) is 12.8 Å². The summed E-state index contributed by atoms with van der Waals surface area (Å²) in [6.07, 6.45) is 2.27. The number of hydrogen-bond acceptors (Lipinski definition) is 5. The van der Waals surface area contributed by atoms with Gasteiger partial charge < -0.3 is 10.0 Å². The highest BCUT2D eigenvalue weighted by atomic mass is 35.5. The van der Waals surface area contributed by atoms with Gasteiger partial charge in [-0.1, -0.05) is 11.6 Å². The Morgan fingerprint density at radius 2 is 2.18 bits per heavy atom. The number of aliphatic hydroxyl groups excluding tert-OH is 1. The van der Waals surface area contributed by atoms with Crippen molar-refractivity contribution in [3.63, 3.8) is 0 Å². The van der Waals surface area contributed by atoms with Gasteiger partial charge in [-0.25, -0.2) is 4.98 Å². The number of anilines is 1. The fraction of sp³-hybridized carbons (Fsp3) is 0.500. The molecule has 1 aliphatic heterocycles. The van der Waals surface area contributed by atoms with Gasteiger partial charge in [0.05, 0.1) is 16.0 Å². The molecule has 1 N–H and O–H groups in total. The van der Waals surface area contributed by atoms with Crippen molar-refractivity contribution in [2.75, 3.05) is 18.0 Å². The molecule has 1 fully saturated rings. The molecule has 2 rings (SSSR count). The highest BCUT2D eigenvalue weighted by Crippen LogP contribution is 2.30. The van der Waals surface area contributed by atoms with Gasteiger partial charge in [-0.3, -0.25) is 10.1 Å². The van der Waals surface area contributed by atoms with E-state index in [4.69, 9.17) is 11.6 Å². The maximum Gasteiger partial charge on any atom is 0.313 e. The van der Waals surface area contributed by atoms with E-state index in [-0.39, 0.29) is 16.8 Å². The fourth-order valence-electron chi connectivity index (χ4n) is 1.88. The van der Waals surface area contributed by atoms with Crippen LogP contribution < -0.4 is 4.90 Å². The van der Waals surface area contributed by atoms with Crippen molar-refractivity contribution in [2.45, 2.75) is 18.9 Å². The van der Waals surface area contributed by atoms with Crippen molar-refractivity contribution >= 4 is 23.1 Å². The van der Waals surface area contributed by atoms with Crippen LogP contribution >= 0.6 is 11.6 Å². The van der Waals surface area contributed by atoms with Crippen LogP contribution in [-0.2, 0) is 0 Å². The maximum absolute atomic E-state index is 10.9. The number of nitro groups is 1. The lowest BCUT2D eigenvalue weighted by Crippen LogP contribution is -2.36. The minimum atomic E-state index is -0.487. The molecule has 1 aromatic rings. The molecule has 0 spiro atoms. The van der Waals surface area contributed by atoms with E-state index in [2.05, 4.69) is 4.98 Å². The number of nitrogens with zero attached hydrogens (tertiary/aromatic N) is 3.